The van der Waals surface area contributed by atoms with Gasteiger partial charge in [0.2, 0.25) is 5.91 Å². The molecule has 1 aromatic rings. The van der Waals surface area contributed by atoms with Gasteiger partial charge < -0.3 is 5.32 Å². The maximum Gasteiger partial charge on any atom is 0.325 e. The number of anilines is 1. The summed E-state index contributed by atoms with van der Waals surface area (Å²) in [4.78, 5) is 22.9. The zero-order valence-electron chi connectivity index (χ0n) is 10.7. The lowest BCUT2D eigenvalue weighted by atomic mass is 10.1. The third-order valence-electron chi connectivity index (χ3n) is 2.58. The Labute approximate surface area is 112 Å². The average molecular weight is 269 g/mol. The van der Waals surface area contributed by atoms with Gasteiger partial charge in [-0.05, 0) is 31.4 Å². The molecule has 18 heavy (non-hydrogen) atoms. The number of rotatable bonds is 3. The summed E-state index contributed by atoms with van der Waals surface area (Å²) in [6, 6.07) is 5.22. The monoisotopic (exact) mass is 268 g/mol. The number of aryl methyl sites for hydroxylation is 2. The van der Waals surface area contributed by atoms with E-state index in [0.717, 1.165) is 23.2 Å². The van der Waals surface area contributed by atoms with Crippen LogP contribution in [0.15, 0.2) is 18.2 Å². The highest BCUT2D eigenvalue weighted by molar-refractivity contribution is 6.31. The van der Waals surface area contributed by atoms with Crippen LogP contribution in [0.2, 0.25) is 0 Å². The van der Waals surface area contributed by atoms with Crippen LogP contribution in [0.4, 0.5) is 10.5 Å². The van der Waals surface area contributed by atoms with Crippen molar-refractivity contribution in [3.05, 3.63) is 29.3 Å². The van der Waals surface area contributed by atoms with E-state index in [1.807, 2.05) is 32.0 Å². The van der Waals surface area contributed by atoms with Gasteiger partial charge in [0.1, 0.15) is 5.38 Å². The zero-order chi connectivity index (χ0) is 13.7. The van der Waals surface area contributed by atoms with Gasteiger partial charge in [-0.2, -0.15) is 0 Å². The molecule has 1 aromatic carbocycles. The Hall–Kier alpha value is -1.55. The van der Waals surface area contributed by atoms with Gasteiger partial charge in [0.05, 0.1) is 0 Å². The third-order valence-corrected chi connectivity index (χ3v) is 2.77. The number of carbonyl (C=O) groups excluding carboxylic acids is 2. The van der Waals surface area contributed by atoms with Crippen LogP contribution in [-0.4, -0.2) is 17.3 Å². The Morgan fingerprint density at radius 2 is 2.06 bits per heavy atom. The minimum Gasteiger partial charge on any atom is -0.307 e. The van der Waals surface area contributed by atoms with Gasteiger partial charge in [0.15, 0.2) is 0 Å². The summed E-state index contributed by atoms with van der Waals surface area (Å²) in [5.41, 5.74) is 2.72. The van der Waals surface area contributed by atoms with E-state index in [9.17, 15) is 9.59 Å². The SMILES string of the molecule is CCc1cccc(C)c1NC(=O)NC(=O)C(C)Cl. The van der Waals surface area contributed by atoms with Crippen molar-refractivity contribution in [2.24, 2.45) is 0 Å². The van der Waals surface area contributed by atoms with Crippen molar-refractivity contribution in [3.63, 3.8) is 0 Å². The van der Waals surface area contributed by atoms with E-state index in [1.165, 1.54) is 6.92 Å². The van der Waals surface area contributed by atoms with Crippen molar-refractivity contribution in [1.29, 1.82) is 0 Å². The van der Waals surface area contributed by atoms with E-state index in [-0.39, 0.29) is 0 Å². The Morgan fingerprint density at radius 1 is 1.39 bits per heavy atom. The molecule has 4 nitrogen and oxygen atoms in total. The van der Waals surface area contributed by atoms with E-state index in [0.29, 0.717) is 0 Å². The van der Waals surface area contributed by atoms with Gasteiger partial charge >= 0.3 is 6.03 Å². The first-order valence-electron chi connectivity index (χ1n) is 5.80. The Kier molecular flexibility index (Phi) is 5.16. The van der Waals surface area contributed by atoms with E-state index >= 15 is 0 Å². The molecule has 5 heteroatoms. The molecule has 3 amide bonds. The predicted octanol–water partition coefficient (Wildman–Crippen LogP) is 2.83. The molecule has 0 aromatic heterocycles. The van der Waals surface area contributed by atoms with Crippen molar-refractivity contribution < 1.29 is 9.59 Å². The second kappa shape index (κ2) is 6.40. The summed E-state index contributed by atoms with van der Waals surface area (Å²) >= 11 is 5.57. The van der Waals surface area contributed by atoms with E-state index in [1.54, 1.807) is 0 Å². The third kappa shape index (κ3) is 3.74. The molecular weight excluding hydrogens is 252 g/mol. The van der Waals surface area contributed by atoms with E-state index < -0.39 is 17.3 Å². The minimum absolute atomic E-state index is 0.513. The summed E-state index contributed by atoms with van der Waals surface area (Å²) in [6.07, 6.45) is 0.803. The van der Waals surface area contributed by atoms with Crippen molar-refractivity contribution in [2.75, 3.05) is 5.32 Å². The Balaban J connectivity index is 2.79. The van der Waals surface area contributed by atoms with Crippen LogP contribution >= 0.6 is 11.6 Å². The first-order chi connectivity index (χ1) is 8.45. The number of alkyl halides is 1. The number of urea groups is 1. The highest BCUT2D eigenvalue weighted by atomic mass is 35.5. The highest BCUT2D eigenvalue weighted by Crippen LogP contribution is 2.20. The molecule has 0 radical (unpaired) electrons. The molecule has 2 N–H and O–H groups in total. The number of carbonyl (C=O) groups is 2. The number of imide groups is 1. The topological polar surface area (TPSA) is 58.2 Å². The Morgan fingerprint density at radius 3 is 2.61 bits per heavy atom. The predicted molar refractivity (Wildman–Crippen MR) is 73.0 cm³/mol. The van der Waals surface area contributed by atoms with Crippen LogP contribution in [0.1, 0.15) is 25.0 Å². The maximum atomic E-state index is 11.6. The van der Waals surface area contributed by atoms with E-state index in [2.05, 4.69) is 10.6 Å². The van der Waals surface area contributed by atoms with Gasteiger partial charge in [0.25, 0.3) is 0 Å². The first-order valence-corrected chi connectivity index (χ1v) is 6.23. The van der Waals surface area contributed by atoms with Crippen molar-refractivity contribution in [2.45, 2.75) is 32.6 Å². The number of hydrogen-bond donors (Lipinski definition) is 2. The van der Waals surface area contributed by atoms with Gasteiger partial charge in [-0.15, -0.1) is 11.6 Å². The largest absolute Gasteiger partial charge is 0.325 e. The molecule has 0 bridgehead atoms. The molecule has 0 aliphatic rings. The van der Waals surface area contributed by atoms with Crippen molar-refractivity contribution in [1.82, 2.24) is 5.32 Å². The molecule has 0 saturated heterocycles. The van der Waals surface area contributed by atoms with Gasteiger partial charge in [-0.3, -0.25) is 10.1 Å². The Bertz CT molecular complexity index is 458. The summed E-state index contributed by atoms with van der Waals surface area (Å²) in [6.45, 7) is 5.42. The zero-order valence-corrected chi connectivity index (χ0v) is 11.5. The fourth-order valence-corrected chi connectivity index (χ4v) is 1.61. The minimum atomic E-state index is -0.738. The molecule has 0 aliphatic heterocycles. The smallest absolute Gasteiger partial charge is 0.307 e. The first kappa shape index (κ1) is 14.5. The molecule has 0 saturated carbocycles. The molecule has 0 heterocycles. The lowest BCUT2D eigenvalue weighted by molar-refractivity contribution is -0.119. The number of amides is 3. The standard InChI is InChI=1S/C13H17ClN2O2/c1-4-10-7-5-6-8(2)11(10)15-13(18)16-12(17)9(3)14/h5-7,9H,4H2,1-3H3,(H2,15,16,17,18). The number of para-hydroxylation sites is 1. The molecule has 1 rings (SSSR count). The average Bonchev–Trinajstić information content (AvgIpc) is 2.31. The molecule has 0 spiro atoms. The van der Waals surface area contributed by atoms with Crippen LogP contribution in [0.25, 0.3) is 0 Å². The van der Waals surface area contributed by atoms with E-state index in [4.69, 9.17) is 11.6 Å². The van der Waals surface area contributed by atoms with Crippen LogP contribution < -0.4 is 10.6 Å². The fourth-order valence-electron chi connectivity index (χ4n) is 1.56. The second-order valence-corrected chi connectivity index (χ2v) is 4.68. The molecular formula is C13H17ClN2O2. The lowest BCUT2D eigenvalue weighted by Gasteiger charge is -2.13. The maximum absolute atomic E-state index is 11.6. The number of benzene rings is 1. The normalized spacial score (nSPS) is 11.8. The fraction of sp³-hybridized carbons (Fsp3) is 0.385. The summed E-state index contributed by atoms with van der Waals surface area (Å²) in [5, 5.41) is 4.13. The summed E-state index contributed by atoms with van der Waals surface area (Å²) in [7, 11) is 0. The highest BCUT2D eigenvalue weighted by Gasteiger charge is 2.14. The molecule has 1 unspecified atom stereocenters. The van der Waals surface area contributed by atoms with Crippen LogP contribution in [-0.2, 0) is 11.2 Å². The van der Waals surface area contributed by atoms with Crippen molar-refractivity contribution in [3.8, 4) is 0 Å². The summed E-state index contributed by atoms with van der Waals surface area (Å²) in [5.74, 6) is -0.513. The van der Waals surface area contributed by atoms with Gasteiger partial charge in [-0.25, -0.2) is 4.79 Å². The molecule has 98 valence electrons. The molecule has 0 fully saturated rings. The number of halogens is 1. The number of hydrogen-bond acceptors (Lipinski definition) is 2. The lowest BCUT2D eigenvalue weighted by Crippen LogP contribution is -2.38. The van der Waals surface area contributed by atoms with Gasteiger partial charge in [-0.1, -0.05) is 25.1 Å². The quantitative estimate of drug-likeness (QED) is 0.828. The van der Waals surface area contributed by atoms with Crippen LogP contribution in [0, 0.1) is 6.92 Å². The second-order valence-electron chi connectivity index (χ2n) is 4.02. The number of nitrogens with one attached hydrogen (secondary N) is 2. The molecule has 1 atom stereocenters. The van der Waals surface area contributed by atoms with Gasteiger partial charge in [0, 0.05) is 5.69 Å². The molecule has 0 aliphatic carbocycles. The van der Waals surface area contributed by atoms with Crippen LogP contribution in [0.5, 0.6) is 0 Å². The summed E-state index contributed by atoms with van der Waals surface area (Å²) < 4.78 is 0. The van der Waals surface area contributed by atoms with Crippen molar-refractivity contribution >= 4 is 29.2 Å². The van der Waals surface area contributed by atoms with Crippen LogP contribution in [0.3, 0.4) is 0 Å².